The number of anilines is 1. The molecule has 1 atom stereocenters. The summed E-state index contributed by atoms with van der Waals surface area (Å²) >= 11 is 0. The molecular weight excluding hydrogens is 478 g/mol. The topological polar surface area (TPSA) is 98.3 Å². The van der Waals surface area contributed by atoms with E-state index in [0.29, 0.717) is 6.54 Å². The second kappa shape index (κ2) is 10.6. The first kappa shape index (κ1) is 24.1. The number of hydrogen-bond acceptors (Lipinski definition) is 8. The fourth-order valence-corrected chi connectivity index (χ4v) is 4.90. The van der Waals surface area contributed by atoms with Crippen LogP contribution in [0.2, 0.25) is 0 Å². The van der Waals surface area contributed by atoms with E-state index in [2.05, 4.69) is 66.7 Å². The molecule has 1 unspecified atom stereocenters. The highest BCUT2D eigenvalue weighted by Crippen LogP contribution is 2.24. The van der Waals surface area contributed by atoms with Gasteiger partial charge in [-0.25, -0.2) is 15.0 Å². The number of likely N-dealkylation sites (tertiary alicyclic amines) is 1. The Kier molecular flexibility index (Phi) is 6.70. The first-order valence-electron chi connectivity index (χ1n) is 12.9. The molecule has 10 heteroatoms. The van der Waals surface area contributed by atoms with Gasteiger partial charge in [0, 0.05) is 44.0 Å². The average molecular weight is 510 g/mol. The SMILES string of the molecule is CN1CCC(CCOc2ccn3c(-c4cc(NCc5ccc(-c6cnn(C)n6)cc5)ncn4)cnc3c2)C1. The smallest absolute Gasteiger partial charge is 0.140 e. The average Bonchev–Trinajstić information content (AvgIpc) is 3.67. The van der Waals surface area contributed by atoms with Gasteiger partial charge in [0.2, 0.25) is 0 Å². The van der Waals surface area contributed by atoms with E-state index >= 15 is 0 Å². The molecule has 10 nitrogen and oxygen atoms in total. The minimum atomic E-state index is 0.641. The van der Waals surface area contributed by atoms with Gasteiger partial charge >= 0.3 is 0 Å². The summed E-state index contributed by atoms with van der Waals surface area (Å²) in [6.07, 6.45) is 9.51. The molecule has 1 saturated heterocycles. The predicted molar refractivity (Wildman–Crippen MR) is 146 cm³/mol. The molecule has 1 aliphatic heterocycles. The fraction of sp³-hybridized carbons (Fsp3) is 0.321. The lowest BCUT2D eigenvalue weighted by Gasteiger charge is -2.12. The molecule has 0 spiro atoms. The Hall–Kier alpha value is -4.31. The highest BCUT2D eigenvalue weighted by molar-refractivity contribution is 5.63. The van der Waals surface area contributed by atoms with E-state index < -0.39 is 0 Å². The Morgan fingerprint density at radius 2 is 1.89 bits per heavy atom. The molecule has 4 aromatic heterocycles. The summed E-state index contributed by atoms with van der Waals surface area (Å²) in [7, 11) is 4.00. The Morgan fingerprint density at radius 3 is 2.68 bits per heavy atom. The van der Waals surface area contributed by atoms with Crippen molar-refractivity contribution in [1.29, 1.82) is 0 Å². The van der Waals surface area contributed by atoms with Crippen LogP contribution in [0.3, 0.4) is 0 Å². The van der Waals surface area contributed by atoms with Gasteiger partial charge in [-0.2, -0.15) is 15.0 Å². The van der Waals surface area contributed by atoms with E-state index in [0.717, 1.165) is 70.9 Å². The molecule has 5 heterocycles. The van der Waals surface area contributed by atoms with E-state index in [1.165, 1.54) is 13.0 Å². The van der Waals surface area contributed by atoms with Crippen molar-refractivity contribution < 1.29 is 4.74 Å². The number of pyridine rings is 1. The Bertz CT molecular complexity index is 1530. The van der Waals surface area contributed by atoms with Gasteiger partial charge in [-0.3, -0.25) is 4.40 Å². The van der Waals surface area contributed by atoms with Crippen LogP contribution in [0.1, 0.15) is 18.4 Å². The van der Waals surface area contributed by atoms with Crippen molar-refractivity contribution >= 4 is 11.5 Å². The van der Waals surface area contributed by atoms with Gasteiger partial charge in [-0.1, -0.05) is 24.3 Å². The zero-order valence-electron chi connectivity index (χ0n) is 21.7. The molecule has 0 radical (unpaired) electrons. The quantitative estimate of drug-likeness (QED) is 0.319. The van der Waals surface area contributed by atoms with Crippen molar-refractivity contribution in [1.82, 2.24) is 39.2 Å². The molecule has 0 saturated carbocycles. The van der Waals surface area contributed by atoms with Crippen molar-refractivity contribution in [3.8, 4) is 28.4 Å². The van der Waals surface area contributed by atoms with Gasteiger partial charge in [0.05, 0.1) is 30.4 Å². The number of nitrogens with one attached hydrogen (secondary N) is 1. The van der Waals surface area contributed by atoms with Crippen LogP contribution in [0, 0.1) is 5.92 Å². The van der Waals surface area contributed by atoms with Crippen molar-refractivity contribution in [3.63, 3.8) is 0 Å². The standard InChI is InChI=1S/C28H31N9O/c1-35-10-7-21(18-35)9-12-38-23-8-11-37-26(17-30-28(37)13-23)24-14-27(32-19-31-24)29-15-20-3-5-22(6-4-20)25-16-33-36(2)34-25/h3-6,8,11,13-14,16-17,19,21H,7,9-10,12,15,18H2,1-2H3,(H,29,31,32). The van der Waals surface area contributed by atoms with E-state index in [4.69, 9.17) is 4.74 Å². The highest BCUT2D eigenvalue weighted by Gasteiger charge is 2.19. The molecule has 0 aliphatic carbocycles. The maximum Gasteiger partial charge on any atom is 0.140 e. The van der Waals surface area contributed by atoms with Crippen molar-refractivity contribution in [2.24, 2.45) is 13.0 Å². The third-order valence-corrected chi connectivity index (χ3v) is 7.02. The van der Waals surface area contributed by atoms with Gasteiger partial charge in [0.1, 0.15) is 29.2 Å². The minimum absolute atomic E-state index is 0.641. The first-order chi connectivity index (χ1) is 18.6. The third kappa shape index (κ3) is 5.35. The molecule has 1 fully saturated rings. The maximum absolute atomic E-state index is 6.04. The van der Waals surface area contributed by atoms with Crippen molar-refractivity contribution in [2.45, 2.75) is 19.4 Å². The van der Waals surface area contributed by atoms with Crippen LogP contribution in [0.4, 0.5) is 5.82 Å². The Labute approximate surface area is 221 Å². The van der Waals surface area contributed by atoms with E-state index in [1.54, 1.807) is 17.3 Å². The first-order valence-corrected chi connectivity index (χ1v) is 12.9. The Morgan fingerprint density at radius 1 is 1.00 bits per heavy atom. The van der Waals surface area contributed by atoms with Crippen LogP contribution < -0.4 is 10.1 Å². The summed E-state index contributed by atoms with van der Waals surface area (Å²) in [5, 5.41) is 11.9. The fourth-order valence-electron chi connectivity index (χ4n) is 4.90. The second-order valence-electron chi connectivity index (χ2n) is 9.85. The molecule has 6 rings (SSSR count). The monoisotopic (exact) mass is 509 g/mol. The molecule has 1 N–H and O–H groups in total. The molecule has 5 aromatic rings. The van der Waals surface area contributed by atoms with Crippen LogP contribution in [0.5, 0.6) is 5.75 Å². The van der Waals surface area contributed by atoms with Crippen molar-refractivity contribution in [3.05, 3.63) is 72.9 Å². The highest BCUT2D eigenvalue weighted by atomic mass is 16.5. The predicted octanol–water partition coefficient (Wildman–Crippen LogP) is 3.92. The number of nitrogens with zero attached hydrogens (tertiary/aromatic N) is 8. The van der Waals surface area contributed by atoms with Gasteiger partial charge in [-0.15, -0.1) is 0 Å². The summed E-state index contributed by atoms with van der Waals surface area (Å²) in [6, 6.07) is 14.2. The zero-order valence-corrected chi connectivity index (χ0v) is 21.7. The molecule has 38 heavy (non-hydrogen) atoms. The van der Waals surface area contributed by atoms with Gasteiger partial charge in [0.25, 0.3) is 0 Å². The largest absolute Gasteiger partial charge is 0.493 e. The number of aromatic nitrogens is 7. The summed E-state index contributed by atoms with van der Waals surface area (Å²) in [5.74, 6) is 2.32. The molecule has 1 aliphatic rings. The summed E-state index contributed by atoms with van der Waals surface area (Å²) in [6.45, 7) is 3.72. The van der Waals surface area contributed by atoms with Crippen LogP contribution >= 0.6 is 0 Å². The molecule has 0 bridgehead atoms. The van der Waals surface area contributed by atoms with E-state index in [9.17, 15) is 0 Å². The van der Waals surface area contributed by atoms with Crippen LogP contribution in [0.15, 0.2) is 67.4 Å². The molecule has 194 valence electrons. The van der Waals surface area contributed by atoms with Crippen LogP contribution in [-0.4, -0.2) is 66.0 Å². The number of hydrogen-bond donors (Lipinski definition) is 1. The van der Waals surface area contributed by atoms with Crippen LogP contribution in [0.25, 0.3) is 28.3 Å². The lowest BCUT2D eigenvalue weighted by atomic mass is 10.1. The van der Waals surface area contributed by atoms with Crippen molar-refractivity contribution in [2.75, 3.05) is 32.1 Å². The van der Waals surface area contributed by atoms with E-state index in [-0.39, 0.29) is 0 Å². The maximum atomic E-state index is 6.04. The lowest BCUT2D eigenvalue weighted by Crippen LogP contribution is -2.15. The normalized spacial score (nSPS) is 15.8. The number of aryl methyl sites for hydroxylation is 1. The zero-order chi connectivity index (χ0) is 25.9. The summed E-state index contributed by atoms with van der Waals surface area (Å²) < 4.78 is 8.06. The summed E-state index contributed by atoms with van der Waals surface area (Å²) in [5.41, 5.74) is 5.56. The second-order valence-corrected chi connectivity index (χ2v) is 9.85. The van der Waals surface area contributed by atoms with Gasteiger partial charge < -0.3 is 15.0 Å². The number of rotatable bonds is 9. The number of imidazole rings is 1. The van der Waals surface area contributed by atoms with Gasteiger partial charge in [0.15, 0.2) is 0 Å². The minimum Gasteiger partial charge on any atom is -0.493 e. The Balaban J connectivity index is 1.09. The summed E-state index contributed by atoms with van der Waals surface area (Å²) in [4.78, 5) is 17.4. The van der Waals surface area contributed by atoms with Crippen LogP contribution in [-0.2, 0) is 13.6 Å². The molecular formula is C28H31N9O. The lowest BCUT2D eigenvalue weighted by molar-refractivity contribution is 0.276. The molecule has 0 amide bonds. The van der Waals surface area contributed by atoms with E-state index in [1.807, 2.05) is 42.0 Å². The van der Waals surface area contributed by atoms with Gasteiger partial charge in [-0.05, 0) is 44.0 Å². The number of ether oxygens (including phenoxy) is 1. The molecule has 1 aromatic carbocycles. The third-order valence-electron chi connectivity index (χ3n) is 7.02. The number of fused-ring (bicyclic) bond motifs is 1. The number of benzene rings is 1.